The van der Waals surface area contributed by atoms with Crippen LogP contribution >= 0.6 is 15.9 Å². The summed E-state index contributed by atoms with van der Waals surface area (Å²) in [6.45, 7) is 0. The summed E-state index contributed by atoms with van der Waals surface area (Å²) < 4.78 is 0. The molecule has 4 heteroatoms. The highest BCUT2D eigenvalue weighted by atomic mass is 79.9. The summed E-state index contributed by atoms with van der Waals surface area (Å²) in [5, 5.41) is 9.37. The maximum Gasteiger partial charge on any atom is 0.354 e. The molecule has 1 aromatic heterocycles. The number of halogens is 1. The van der Waals surface area contributed by atoms with E-state index in [1.807, 2.05) is 6.08 Å². The van der Waals surface area contributed by atoms with E-state index in [0.29, 0.717) is 5.69 Å². The Morgan fingerprint density at radius 3 is 3.00 bits per heavy atom. The van der Waals surface area contributed by atoms with Gasteiger partial charge in [-0.05, 0) is 18.2 Å². The van der Waals surface area contributed by atoms with Crippen LogP contribution in [-0.4, -0.2) is 21.4 Å². The van der Waals surface area contributed by atoms with E-state index >= 15 is 0 Å². The number of nitrogens with zero attached hydrogens (tertiary/aromatic N) is 1. The van der Waals surface area contributed by atoms with Crippen molar-refractivity contribution in [3.63, 3.8) is 0 Å². The predicted molar refractivity (Wildman–Crippen MR) is 54.0 cm³/mol. The van der Waals surface area contributed by atoms with Gasteiger partial charge in [-0.3, -0.25) is 0 Å². The molecule has 0 radical (unpaired) electrons. The van der Waals surface area contributed by atoms with Crippen LogP contribution in [0.15, 0.2) is 24.3 Å². The van der Waals surface area contributed by atoms with Gasteiger partial charge in [0, 0.05) is 5.33 Å². The summed E-state index contributed by atoms with van der Waals surface area (Å²) in [5.41, 5.74) is 0.719. The van der Waals surface area contributed by atoms with Gasteiger partial charge < -0.3 is 5.11 Å². The van der Waals surface area contributed by atoms with Crippen LogP contribution in [0, 0.1) is 0 Å². The second kappa shape index (κ2) is 4.77. The minimum atomic E-state index is -1.01. The van der Waals surface area contributed by atoms with E-state index in [1.54, 1.807) is 18.2 Å². The Kier molecular flexibility index (Phi) is 3.64. The van der Waals surface area contributed by atoms with Crippen LogP contribution in [0.4, 0.5) is 0 Å². The van der Waals surface area contributed by atoms with Gasteiger partial charge in [-0.25, -0.2) is 9.78 Å². The Labute approximate surface area is 84.2 Å². The van der Waals surface area contributed by atoms with Gasteiger partial charge in [0.05, 0.1) is 5.69 Å². The van der Waals surface area contributed by atoms with Crippen molar-refractivity contribution >= 4 is 28.0 Å². The van der Waals surface area contributed by atoms with E-state index < -0.39 is 5.97 Å². The van der Waals surface area contributed by atoms with E-state index in [9.17, 15) is 4.79 Å². The first-order chi connectivity index (χ1) is 6.24. The summed E-state index contributed by atoms with van der Waals surface area (Å²) in [5.74, 6) is -1.01. The Morgan fingerprint density at radius 2 is 2.38 bits per heavy atom. The van der Waals surface area contributed by atoms with Crippen molar-refractivity contribution in [1.82, 2.24) is 4.98 Å². The van der Waals surface area contributed by atoms with E-state index in [-0.39, 0.29) is 5.69 Å². The molecule has 0 aromatic carbocycles. The van der Waals surface area contributed by atoms with Crippen molar-refractivity contribution in [2.24, 2.45) is 0 Å². The van der Waals surface area contributed by atoms with Crippen LogP contribution in [0.5, 0.6) is 0 Å². The minimum absolute atomic E-state index is 0.0664. The predicted octanol–water partition coefficient (Wildman–Crippen LogP) is 2.19. The topological polar surface area (TPSA) is 50.2 Å². The molecule has 0 aliphatic carbocycles. The quantitative estimate of drug-likeness (QED) is 0.826. The molecular formula is C9H8BrNO2. The first-order valence-electron chi connectivity index (χ1n) is 3.67. The molecule has 0 spiro atoms. The molecule has 1 N–H and O–H groups in total. The number of rotatable bonds is 3. The Balaban J connectivity index is 2.92. The van der Waals surface area contributed by atoms with Crippen molar-refractivity contribution in [3.8, 4) is 0 Å². The highest BCUT2D eigenvalue weighted by Crippen LogP contribution is 2.02. The lowest BCUT2D eigenvalue weighted by atomic mass is 10.3. The molecule has 13 heavy (non-hydrogen) atoms. The monoisotopic (exact) mass is 241 g/mol. The van der Waals surface area contributed by atoms with Crippen molar-refractivity contribution in [2.45, 2.75) is 0 Å². The third-order valence-electron chi connectivity index (χ3n) is 1.37. The van der Waals surface area contributed by atoms with Gasteiger partial charge >= 0.3 is 5.97 Å². The van der Waals surface area contributed by atoms with Gasteiger partial charge in [0.15, 0.2) is 0 Å². The Hall–Kier alpha value is -1.16. The molecule has 68 valence electrons. The van der Waals surface area contributed by atoms with Crippen LogP contribution in [0.25, 0.3) is 6.08 Å². The maximum absolute atomic E-state index is 10.5. The number of hydrogen-bond donors (Lipinski definition) is 1. The molecule has 3 nitrogen and oxygen atoms in total. The van der Waals surface area contributed by atoms with Gasteiger partial charge in [0.2, 0.25) is 0 Å². The largest absolute Gasteiger partial charge is 0.477 e. The van der Waals surface area contributed by atoms with Crippen LogP contribution in [0.1, 0.15) is 16.2 Å². The fraction of sp³-hybridized carbons (Fsp3) is 0.111. The number of carboxylic acids is 1. The van der Waals surface area contributed by atoms with E-state index in [2.05, 4.69) is 20.9 Å². The van der Waals surface area contributed by atoms with Crippen molar-refractivity contribution in [1.29, 1.82) is 0 Å². The molecule has 0 fully saturated rings. The van der Waals surface area contributed by atoms with Gasteiger partial charge in [-0.15, -0.1) is 0 Å². The highest BCUT2D eigenvalue weighted by molar-refractivity contribution is 9.09. The molecule has 0 bridgehead atoms. The number of allylic oxidation sites excluding steroid dienone is 1. The summed E-state index contributed by atoms with van der Waals surface area (Å²) in [7, 11) is 0. The number of carboxylic acid groups (broad SMARTS) is 1. The standard InChI is InChI=1S/C9H8BrNO2/c10-6-2-4-7-3-1-5-8(11-7)9(12)13/h1-5H,6H2,(H,12,13). The summed E-state index contributed by atoms with van der Waals surface area (Å²) in [6.07, 6.45) is 3.62. The van der Waals surface area contributed by atoms with Crippen molar-refractivity contribution in [2.75, 3.05) is 5.33 Å². The van der Waals surface area contributed by atoms with E-state index in [1.165, 1.54) is 6.07 Å². The number of alkyl halides is 1. The fourth-order valence-electron chi connectivity index (χ4n) is 0.829. The average molecular weight is 242 g/mol. The third kappa shape index (κ3) is 2.99. The van der Waals surface area contributed by atoms with Gasteiger partial charge in [0.1, 0.15) is 5.69 Å². The number of hydrogen-bond acceptors (Lipinski definition) is 2. The Bertz CT molecular complexity index is 336. The molecule has 1 rings (SSSR count). The van der Waals surface area contributed by atoms with Gasteiger partial charge in [-0.2, -0.15) is 0 Å². The van der Waals surface area contributed by atoms with Crippen LogP contribution in [0.3, 0.4) is 0 Å². The lowest BCUT2D eigenvalue weighted by Gasteiger charge is -1.94. The third-order valence-corrected chi connectivity index (χ3v) is 1.74. The Morgan fingerprint density at radius 1 is 1.62 bits per heavy atom. The van der Waals surface area contributed by atoms with Gasteiger partial charge in [-0.1, -0.05) is 28.1 Å². The number of aromatic nitrogens is 1. The maximum atomic E-state index is 10.5. The zero-order valence-corrected chi connectivity index (χ0v) is 8.36. The lowest BCUT2D eigenvalue weighted by molar-refractivity contribution is 0.0690. The van der Waals surface area contributed by atoms with Crippen LogP contribution in [-0.2, 0) is 0 Å². The van der Waals surface area contributed by atoms with E-state index in [0.717, 1.165) is 5.33 Å². The summed E-state index contributed by atoms with van der Waals surface area (Å²) in [6, 6.07) is 4.89. The first kappa shape index (κ1) is 9.92. The normalized spacial score (nSPS) is 10.5. The molecule has 1 aromatic rings. The molecule has 0 aliphatic heterocycles. The first-order valence-corrected chi connectivity index (χ1v) is 4.79. The van der Waals surface area contributed by atoms with E-state index in [4.69, 9.17) is 5.11 Å². The molecule has 1 heterocycles. The number of pyridine rings is 1. The van der Waals surface area contributed by atoms with Crippen molar-refractivity contribution < 1.29 is 9.90 Å². The van der Waals surface area contributed by atoms with Crippen LogP contribution < -0.4 is 0 Å². The average Bonchev–Trinajstić information content (AvgIpc) is 2.15. The molecule has 0 atom stereocenters. The number of aromatic carboxylic acids is 1. The molecule has 0 unspecified atom stereocenters. The molecule has 0 saturated carbocycles. The zero-order chi connectivity index (χ0) is 9.68. The molecular weight excluding hydrogens is 234 g/mol. The van der Waals surface area contributed by atoms with Crippen LogP contribution in [0.2, 0.25) is 0 Å². The minimum Gasteiger partial charge on any atom is -0.477 e. The second-order valence-electron chi connectivity index (χ2n) is 2.31. The smallest absolute Gasteiger partial charge is 0.354 e. The highest BCUT2D eigenvalue weighted by Gasteiger charge is 2.02. The molecule has 0 saturated heterocycles. The summed E-state index contributed by atoms with van der Waals surface area (Å²) in [4.78, 5) is 14.4. The summed E-state index contributed by atoms with van der Waals surface area (Å²) >= 11 is 3.22. The SMILES string of the molecule is O=C(O)c1cccc(C=CCBr)n1. The lowest BCUT2D eigenvalue weighted by Crippen LogP contribution is -2.00. The molecule has 0 aliphatic rings. The zero-order valence-electron chi connectivity index (χ0n) is 6.77. The fourth-order valence-corrected chi connectivity index (χ4v) is 1.02. The molecule has 0 amide bonds. The number of carbonyl (C=O) groups is 1. The van der Waals surface area contributed by atoms with Crippen molar-refractivity contribution in [3.05, 3.63) is 35.7 Å². The second-order valence-corrected chi connectivity index (χ2v) is 2.96. The van der Waals surface area contributed by atoms with Gasteiger partial charge in [0.25, 0.3) is 0 Å².